The number of nitrogens with zero attached hydrogens (tertiary/aromatic N) is 1. The molecule has 1 radical (unpaired) electrons. The minimum absolute atomic E-state index is 0.0473. The van der Waals surface area contributed by atoms with Crippen molar-refractivity contribution in [2.75, 3.05) is 26.3 Å². The molecule has 32 heavy (non-hydrogen) atoms. The Balaban J connectivity index is 1.56. The number of carbonyl (C=O) groups is 1. The number of carbonyl (C=O) groups excluding carboxylic acids is 1. The lowest BCUT2D eigenvalue weighted by molar-refractivity contribution is -0.0459. The molecular formula is C25H20BrFNO4. The topological polar surface area (TPSA) is 48.0 Å². The van der Waals surface area contributed by atoms with Crippen molar-refractivity contribution in [2.45, 2.75) is 5.79 Å². The molecule has 163 valence electrons. The van der Waals surface area contributed by atoms with Crippen LogP contribution in [0.2, 0.25) is 0 Å². The zero-order valence-corrected chi connectivity index (χ0v) is 18.7. The fourth-order valence-electron chi connectivity index (χ4n) is 3.92. The lowest BCUT2D eigenvalue weighted by Crippen LogP contribution is -2.41. The second-order valence-electron chi connectivity index (χ2n) is 7.71. The molecule has 0 aliphatic carbocycles. The molecule has 0 bridgehead atoms. The Kier molecular flexibility index (Phi) is 5.39. The maximum atomic E-state index is 15.0. The van der Waals surface area contributed by atoms with E-state index in [0.717, 1.165) is 21.2 Å². The molecule has 2 heterocycles. The van der Waals surface area contributed by atoms with E-state index < -0.39 is 11.6 Å². The molecule has 0 saturated carbocycles. The number of fused-ring (bicyclic) bond motifs is 1. The first-order chi connectivity index (χ1) is 15.5. The van der Waals surface area contributed by atoms with Gasteiger partial charge in [0, 0.05) is 34.8 Å². The number of ether oxygens (including phenoxy) is 3. The zero-order chi connectivity index (χ0) is 22.3. The molecule has 1 saturated heterocycles. The first-order valence-corrected chi connectivity index (χ1v) is 11.0. The van der Waals surface area contributed by atoms with Crippen molar-refractivity contribution in [3.63, 3.8) is 0 Å². The summed E-state index contributed by atoms with van der Waals surface area (Å²) in [5, 5.41) is 0. The minimum Gasteiger partial charge on any atom is -0.440 e. The normalized spacial score (nSPS) is 19.8. The summed E-state index contributed by atoms with van der Waals surface area (Å²) in [4.78, 5) is 14.5. The average Bonchev–Trinajstić information content (AvgIpc) is 3.19. The van der Waals surface area contributed by atoms with E-state index in [2.05, 4.69) is 22.9 Å². The predicted molar refractivity (Wildman–Crippen MR) is 120 cm³/mol. The Morgan fingerprint density at radius 1 is 0.938 bits per heavy atom. The van der Waals surface area contributed by atoms with E-state index in [1.54, 1.807) is 4.90 Å². The molecule has 1 fully saturated rings. The quantitative estimate of drug-likeness (QED) is 0.516. The van der Waals surface area contributed by atoms with E-state index in [9.17, 15) is 9.18 Å². The maximum absolute atomic E-state index is 15.0. The largest absolute Gasteiger partial charge is 0.440 e. The van der Waals surface area contributed by atoms with Crippen molar-refractivity contribution < 1.29 is 23.4 Å². The summed E-state index contributed by atoms with van der Waals surface area (Å²) in [6, 6.07) is 17.6. The molecule has 0 spiro atoms. The molecular weight excluding hydrogens is 477 g/mol. The van der Waals surface area contributed by atoms with Crippen molar-refractivity contribution in [3.05, 3.63) is 100 Å². The van der Waals surface area contributed by atoms with Crippen LogP contribution in [0.25, 0.3) is 0 Å². The second kappa shape index (κ2) is 8.22. The maximum Gasteiger partial charge on any atom is 0.305 e. The zero-order valence-electron chi connectivity index (χ0n) is 17.1. The summed E-state index contributed by atoms with van der Waals surface area (Å²) in [7, 11) is 0. The summed E-state index contributed by atoms with van der Waals surface area (Å²) in [6.07, 6.45) is 0. The van der Waals surface area contributed by atoms with Crippen LogP contribution in [0, 0.1) is 12.7 Å². The molecule has 5 rings (SSSR count). The number of benzene rings is 3. The molecule has 3 aromatic rings. The Morgan fingerprint density at radius 3 is 2.12 bits per heavy atom. The fourth-order valence-corrected chi connectivity index (χ4v) is 4.19. The minimum atomic E-state index is -1.32. The van der Waals surface area contributed by atoms with Crippen molar-refractivity contribution in [2.24, 2.45) is 0 Å². The number of amides is 1. The number of hydrogen-bond acceptors (Lipinski definition) is 4. The van der Waals surface area contributed by atoms with E-state index >= 15 is 0 Å². The van der Waals surface area contributed by atoms with Crippen molar-refractivity contribution in [1.29, 1.82) is 0 Å². The third kappa shape index (κ3) is 3.65. The van der Waals surface area contributed by atoms with E-state index in [-0.39, 0.29) is 17.2 Å². The molecule has 1 unspecified atom stereocenters. The van der Waals surface area contributed by atoms with Gasteiger partial charge in [0.2, 0.25) is 0 Å². The van der Waals surface area contributed by atoms with Crippen molar-refractivity contribution in [3.8, 4) is 11.5 Å². The molecule has 7 heteroatoms. The first kappa shape index (κ1) is 21.0. The van der Waals surface area contributed by atoms with Gasteiger partial charge in [0.05, 0.1) is 18.8 Å². The predicted octanol–water partition coefficient (Wildman–Crippen LogP) is 4.92. The average molecular weight is 497 g/mol. The molecule has 0 N–H and O–H groups in total. The Labute approximate surface area is 193 Å². The Hall–Kier alpha value is -2.90. The van der Waals surface area contributed by atoms with Crippen LogP contribution in [0.15, 0.2) is 65.1 Å². The molecule has 1 amide bonds. The Bertz CT molecular complexity index is 1110. The van der Waals surface area contributed by atoms with Gasteiger partial charge < -0.3 is 19.1 Å². The van der Waals surface area contributed by atoms with Gasteiger partial charge in [-0.3, -0.25) is 4.79 Å². The standard InChI is InChI=1S/C25H20BrFNO4/c1-16-2-4-17(5-3-16)25(18-6-8-19(26)9-7-18)31-22-14-20(21(27)15-23(22)32-25)24(29)28-10-12-30-13-11-28/h2-9,14-15H,1,10-13H2. The highest BCUT2D eigenvalue weighted by molar-refractivity contribution is 9.10. The monoisotopic (exact) mass is 496 g/mol. The smallest absolute Gasteiger partial charge is 0.305 e. The second-order valence-corrected chi connectivity index (χ2v) is 8.62. The molecule has 0 aromatic heterocycles. The summed E-state index contributed by atoms with van der Waals surface area (Å²) in [6.45, 7) is 5.66. The van der Waals surface area contributed by atoms with Crippen LogP contribution in [-0.2, 0) is 10.5 Å². The van der Waals surface area contributed by atoms with Crippen LogP contribution >= 0.6 is 15.9 Å². The van der Waals surface area contributed by atoms with Gasteiger partial charge in [-0.1, -0.05) is 40.2 Å². The SMILES string of the molecule is [CH2]c1ccc(C2(c3ccc(Br)cc3)Oc3cc(F)c(C(=O)N4CCOCC4)cc3O2)cc1. The van der Waals surface area contributed by atoms with Crippen LogP contribution in [0.1, 0.15) is 27.0 Å². The summed E-state index contributed by atoms with van der Waals surface area (Å²) in [5.41, 5.74) is 2.26. The number of rotatable bonds is 3. The van der Waals surface area contributed by atoms with Crippen LogP contribution in [0.4, 0.5) is 4.39 Å². The van der Waals surface area contributed by atoms with E-state index in [1.807, 2.05) is 48.5 Å². The van der Waals surface area contributed by atoms with Gasteiger partial charge in [-0.2, -0.15) is 0 Å². The van der Waals surface area contributed by atoms with Crippen molar-refractivity contribution in [1.82, 2.24) is 4.90 Å². The summed E-state index contributed by atoms with van der Waals surface area (Å²) >= 11 is 3.45. The number of hydrogen-bond donors (Lipinski definition) is 0. The van der Waals surface area contributed by atoms with E-state index in [4.69, 9.17) is 14.2 Å². The fraction of sp³-hybridized carbons (Fsp3) is 0.200. The number of morpholine rings is 1. The van der Waals surface area contributed by atoms with Gasteiger partial charge in [-0.25, -0.2) is 4.39 Å². The Morgan fingerprint density at radius 2 is 1.50 bits per heavy atom. The summed E-state index contributed by atoms with van der Waals surface area (Å²) in [5.74, 6) is -1.81. The molecule has 3 aromatic carbocycles. The van der Waals surface area contributed by atoms with Crippen LogP contribution in [-0.4, -0.2) is 37.1 Å². The molecule has 2 aliphatic heterocycles. The molecule has 1 atom stereocenters. The highest BCUT2D eigenvalue weighted by Gasteiger charge is 2.46. The van der Waals surface area contributed by atoms with Gasteiger partial charge in [-0.15, -0.1) is 0 Å². The molecule has 5 nitrogen and oxygen atoms in total. The lowest BCUT2D eigenvalue weighted by atomic mass is 9.96. The molecule has 2 aliphatic rings. The van der Waals surface area contributed by atoms with Crippen LogP contribution in [0.5, 0.6) is 11.5 Å². The highest BCUT2D eigenvalue weighted by Crippen LogP contribution is 2.48. The van der Waals surface area contributed by atoms with Gasteiger partial charge in [0.25, 0.3) is 5.91 Å². The van der Waals surface area contributed by atoms with Crippen molar-refractivity contribution >= 4 is 21.8 Å². The van der Waals surface area contributed by atoms with Gasteiger partial charge >= 0.3 is 5.79 Å². The van der Waals surface area contributed by atoms with E-state index in [1.165, 1.54) is 12.1 Å². The lowest BCUT2D eigenvalue weighted by Gasteiger charge is -2.29. The van der Waals surface area contributed by atoms with Gasteiger partial charge in [-0.05, 0) is 42.8 Å². The third-order valence-corrected chi connectivity index (χ3v) is 6.16. The van der Waals surface area contributed by atoms with Crippen LogP contribution < -0.4 is 9.47 Å². The summed E-state index contributed by atoms with van der Waals surface area (Å²) < 4.78 is 33.8. The third-order valence-electron chi connectivity index (χ3n) is 5.63. The van der Waals surface area contributed by atoms with Crippen LogP contribution in [0.3, 0.4) is 0 Å². The number of halogens is 2. The first-order valence-electron chi connectivity index (χ1n) is 10.2. The van der Waals surface area contributed by atoms with Gasteiger partial charge in [0.1, 0.15) is 5.82 Å². The highest BCUT2D eigenvalue weighted by atomic mass is 79.9. The van der Waals surface area contributed by atoms with E-state index in [0.29, 0.717) is 32.1 Å². The van der Waals surface area contributed by atoms with Gasteiger partial charge in [0.15, 0.2) is 11.5 Å².